The van der Waals surface area contributed by atoms with Crippen LogP contribution < -0.4 is 0 Å². The first-order valence-electron chi connectivity index (χ1n) is 16.1. The summed E-state index contributed by atoms with van der Waals surface area (Å²) in [5.41, 5.74) is 7.81. The number of aromatic nitrogens is 1. The van der Waals surface area contributed by atoms with Crippen molar-refractivity contribution in [2.24, 2.45) is 17.3 Å². The van der Waals surface area contributed by atoms with Gasteiger partial charge in [0.05, 0.1) is 22.9 Å². The minimum Gasteiger partial charge on any atom is -0.386 e. The number of fused-ring (bicyclic) bond motifs is 12. The van der Waals surface area contributed by atoms with Gasteiger partial charge < -0.3 is 24.7 Å². The summed E-state index contributed by atoms with van der Waals surface area (Å²) in [4.78, 5) is 3.98. The number of aromatic amines is 1. The molecule has 5 heteroatoms. The van der Waals surface area contributed by atoms with Gasteiger partial charge in [-0.1, -0.05) is 20.4 Å². The van der Waals surface area contributed by atoms with Crippen LogP contribution in [-0.2, 0) is 27.7 Å². The summed E-state index contributed by atoms with van der Waals surface area (Å²) in [5, 5.41) is 25.1. The van der Waals surface area contributed by atoms with Gasteiger partial charge in [0.2, 0.25) is 0 Å². The van der Waals surface area contributed by atoms with Crippen LogP contribution in [0.5, 0.6) is 0 Å². The molecule has 8 unspecified atom stereocenters. The summed E-state index contributed by atoms with van der Waals surface area (Å²) in [7, 11) is 0. The highest BCUT2D eigenvalue weighted by atomic mass is 16.5. The van der Waals surface area contributed by atoms with Crippen LogP contribution in [0.15, 0.2) is 42.0 Å². The van der Waals surface area contributed by atoms with E-state index in [-0.39, 0.29) is 28.1 Å². The highest BCUT2D eigenvalue weighted by molar-refractivity contribution is 5.92. The van der Waals surface area contributed by atoms with Crippen molar-refractivity contribution in [2.45, 2.75) is 128 Å². The predicted molar refractivity (Wildman–Crippen MR) is 166 cm³/mol. The molecule has 0 spiro atoms. The highest BCUT2D eigenvalue weighted by Crippen LogP contribution is 2.69. The molecule has 2 fully saturated rings. The van der Waals surface area contributed by atoms with E-state index in [1.54, 1.807) is 0 Å². The van der Waals surface area contributed by atoms with Gasteiger partial charge in [0, 0.05) is 33.3 Å². The van der Waals surface area contributed by atoms with Crippen molar-refractivity contribution >= 4 is 16.5 Å². The maximum atomic E-state index is 12.7. The van der Waals surface area contributed by atoms with Crippen LogP contribution in [0.4, 0.5) is 0 Å². The lowest BCUT2D eigenvalue weighted by Gasteiger charge is -2.65. The molecule has 4 aliphatic carbocycles. The molecule has 2 aliphatic heterocycles. The summed E-state index contributed by atoms with van der Waals surface area (Å²) < 4.78 is 12.9. The van der Waals surface area contributed by atoms with Gasteiger partial charge in [-0.05, 0) is 137 Å². The molecule has 0 bridgehead atoms. The largest absolute Gasteiger partial charge is 0.386 e. The second-order valence-electron chi connectivity index (χ2n) is 16.1. The Balaban J connectivity index is 1.24. The van der Waals surface area contributed by atoms with Gasteiger partial charge in [-0.3, -0.25) is 0 Å². The van der Waals surface area contributed by atoms with Gasteiger partial charge in [0.1, 0.15) is 12.2 Å². The number of aliphatic hydroxyl groups excluding tert-OH is 1. The van der Waals surface area contributed by atoms with Crippen molar-refractivity contribution in [3.8, 4) is 0 Å². The minimum atomic E-state index is -1.03. The average molecular weight is 570 g/mol. The molecule has 42 heavy (non-hydrogen) atoms. The van der Waals surface area contributed by atoms with E-state index < -0.39 is 17.8 Å². The molecule has 3 N–H and O–H groups in total. The zero-order valence-electron chi connectivity index (χ0n) is 26.4. The molecule has 1 aromatic carbocycles. The molecule has 0 amide bonds. The number of ether oxygens (including phenoxy) is 2. The van der Waals surface area contributed by atoms with Gasteiger partial charge in [0.25, 0.3) is 0 Å². The number of hydrogen-bond acceptors (Lipinski definition) is 4. The van der Waals surface area contributed by atoms with Gasteiger partial charge in [-0.15, -0.1) is 0 Å². The van der Waals surface area contributed by atoms with Crippen molar-refractivity contribution in [2.75, 3.05) is 0 Å². The number of benzene rings is 1. The Hall–Kier alpha value is -2.18. The Labute approximate surface area is 250 Å². The summed E-state index contributed by atoms with van der Waals surface area (Å²) in [6, 6.07) is 4.88. The number of rotatable bonds is 1. The van der Waals surface area contributed by atoms with E-state index in [4.69, 9.17) is 9.47 Å². The molecule has 1 aromatic heterocycles. The predicted octanol–water partition coefficient (Wildman–Crippen LogP) is 6.70. The van der Waals surface area contributed by atoms with Crippen molar-refractivity contribution in [1.29, 1.82) is 0 Å². The Kier molecular flexibility index (Phi) is 5.28. The van der Waals surface area contributed by atoms with E-state index in [1.165, 1.54) is 38.9 Å². The van der Waals surface area contributed by atoms with Crippen molar-refractivity contribution in [3.63, 3.8) is 0 Å². The standard InChI is InChI=1S/C37H47NO4/c1-19(2)31-29(39)17-27-30(41-31)10-11-35(7)36(8)21(9-12-37(27,35)40)15-24-23-13-20-14-26-25(18-33(3,4)42-34(26,5)6)22(20)16-28(23)38-32(24)36/h13,16-18,21,26,29-31,38-40H,1,9-12,14-15H2,2-8H3. The summed E-state index contributed by atoms with van der Waals surface area (Å²) in [5.74, 6) is 0.838. The molecule has 3 heterocycles. The van der Waals surface area contributed by atoms with Gasteiger partial charge >= 0.3 is 0 Å². The molecule has 0 saturated heterocycles. The monoisotopic (exact) mass is 569 g/mol. The number of H-pyrrole nitrogens is 1. The van der Waals surface area contributed by atoms with E-state index >= 15 is 0 Å². The molecule has 2 saturated carbocycles. The third kappa shape index (κ3) is 3.19. The second-order valence-corrected chi connectivity index (χ2v) is 16.1. The fourth-order valence-corrected chi connectivity index (χ4v) is 10.9. The zero-order chi connectivity index (χ0) is 29.8. The van der Waals surface area contributed by atoms with Crippen LogP contribution in [0.1, 0.15) is 96.5 Å². The van der Waals surface area contributed by atoms with E-state index in [1.807, 2.05) is 13.0 Å². The SMILES string of the molecule is C=C(C)C1OC2CCC3(C)C(O)(CCC4Cc5c([nH]c6cc7c(cc56)CC5C7=CC(C)(C)OC5(C)C)C43C)C2=CC1O. The van der Waals surface area contributed by atoms with E-state index in [0.29, 0.717) is 18.3 Å². The molecular weight excluding hydrogens is 522 g/mol. The molecule has 8 rings (SSSR count). The maximum absolute atomic E-state index is 12.7. The van der Waals surface area contributed by atoms with Crippen LogP contribution >= 0.6 is 0 Å². The van der Waals surface area contributed by atoms with Crippen molar-refractivity contribution in [3.05, 3.63) is 64.4 Å². The van der Waals surface area contributed by atoms with Gasteiger partial charge in [0.15, 0.2) is 0 Å². The van der Waals surface area contributed by atoms with E-state index in [9.17, 15) is 10.2 Å². The molecule has 224 valence electrons. The van der Waals surface area contributed by atoms with Crippen LogP contribution in [0.3, 0.4) is 0 Å². The van der Waals surface area contributed by atoms with Gasteiger partial charge in [-0.2, -0.15) is 0 Å². The summed E-state index contributed by atoms with van der Waals surface area (Å²) >= 11 is 0. The Morgan fingerprint density at radius 2 is 1.81 bits per heavy atom. The second kappa shape index (κ2) is 8.10. The number of aliphatic hydroxyl groups is 2. The maximum Gasteiger partial charge on any atom is 0.108 e. The first-order chi connectivity index (χ1) is 19.6. The summed E-state index contributed by atoms with van der Waals surface area (Å²) in [6.07, 6.45) is 8.35. The van der Waals surface area contributed by atoms with E-state index in [2.05, 4.69) is 71.3 Å². The first-order valence-corrected chi connectivity index (χ1v) is 16.1. The molecule has 8 atom stereocenters. The third-order valence-electron chi connectivity index (χ3n) is 13.0. The van der Waals surface area contributed by atoms with Crippen LogP contribution in [0.25, 0.3) is 16.5 Å². The van der Waals surface area contributed by atoms with Crippen molar-refractivity contribution in [1.82, 2.24) is 4.98 Å². The van der Waals surface area contributed by atoms with Crippen molar-refractivity contribution < 1.29 is 19.7 Å². The van der Waals surface area contributed by atoms with E-state index in [0.717, 1.165) is 43.3 Å². The zero-order valence-corrected chi connectivity index (χ0v) is 26.4. The number of nitrogens with one attached hydrogen (secondary N) is 1. The lowest BCUT2D eigenvalue weighted by atomic mass is 9.42. The number of hydrogen-bond donors (Lipinski definition) is 3. The Bertz CT molecular complexity index is 1620. The lowest BCUT2D eigenvalue weighted by molar-refractivity contribution is -0.185. The minimum absolute atomic E-state index is 0.172. The van der Waals surface area contributed by atoms with Crippen LogP contribution in [0, 0.1) is 17.3 Å². The Morgan fingerprint density at radius 1 is 1.05 bits per heavy atom. The lowest BCUT2D eigenvalue weighted by Crippen LogP contribution is -2.67. The quantitative estimate of drug-likeness (QED) is 0.334. The molecule has 5 nitrogen and oxygen atoms in total. The molecule has 0 radical (unpaired) electrons. The fraction of sp³-hybridized carbons (Fsp3) is 0.622. The fourth-order valence-electron chi connectivity index (χ4n) is 10.9. The van der Waals surface area contributed by atoms with Crippen LogP contribution in [0.2, 0.25) is 0 Å². The first kappa shape index (κ1) is 27.4. The highest BCUT2D eigenvalue weighted by Gasteiger charge is 2.70. The van der Waals surface area contributed by atoms with Gasteiger partial charge in [-0.25, -0.2) is 0 Å². The molecule has 2 aromatic rings. The third-order valence-corrected chi connectivity index (χ3v) is 13.0. The molecule has 6 aliphatic rings. The Morgan fingerprint density at radius 3 is 2.55 bits per heavy atom. The average Bonchev–Trinajstić information content (AvgIpc) is 3.52. The summed E-state index contributed by atoms with van der Waals surface area (Å²) in [6.45, 7) is 19.5. The molecular formula is C37H47NO4. The normalized spacial score (nSPS) is 42.5. The van der Waals surface area contributed by atoms with Crippen LogP contribution in [-0.4, -0.2) is 50.3 Å². The smallest absolute Gasteiger partial charge is 0.108 e. The topological polar surface area (TPSA) is 74.7 Å².